The van der Waals surface area contributed by atoms with Crippen molar-refractivity contribution in [2.45, 2.75) is 74.5 Å². The molecule has 3 fully saturated rings. The average molecular weight is 439 g/mol. The molecule has 6 atom stereocenters. The second-order valence-electron chi connectivity index (χ2n) is 9.12. The maximum atomic E-state index is 13.9. The molecule has 0 aromatic carbocycles. The molecule has 1 spiro atoms. The summed E-state index contributed by atoms with van der Waals surface area (Å²) in [5.74, 6) is -2.97. The van der Waals surface area contributed by atoms with Gasteiger partial charge in [0.05, 0.1) is 29.2 Å². The second kappa shape index (κ2) is 8.54. The smallest absolute Gasteiger partial charge is 0.308 e. The standard InChI is InChI=1S/C22H34N2O5S/c1-5-7-8-12-23(11-6-2)19(27)17-22-10-9-21(4,30-22)16(20(28)29)15(22)18(26)24(17)14(3)13-25/h6,14-17,25H,2,5,7-13H2,1,3-4H3,(H,28,29)/t14-,15+,16-,17?,21+,22?/m1/s1. The fourth-order valence-electron chi connectivity index (χ4n) is 5.75. The maximum absolute atomic E-state index is 13.9. The zero-order valence-corrected chi connectivity index (χ0v) is 19.0. The summed E-state index contributed by atoms with van der Waals surface area (Å²) in [6.45, 7) is 10.2. The highest BCUT2D eigenvalue weighted by molar-refractivity contribution is 8.02. The fourth-order valence-corrected chi connectivity index (χ4v) is 8.08. The summed E-state index contributed by atoms with van der Waals surface area (Å²) in [5.41, 5.74) is 0. The van der Waals surface area contributed by atoms with Crippen molar-refractivity contribution in [3.05, 3.63) is 12.7 Å². The molecule has 3 heterocycles. The van der Waals surface area contributed by atoms with Crippen molar-refractivity contribution in [1.82, 2.24) is 9.80 Å². The Bertz CT molecular complexity index is 730. The van der Waals surface area contributed by atoms with E-state index in [1.807, 2.05) is 6.92 Å². The topological polar surface area (TPSA) is 98.2 Å². The molecule has 30 heavy (non-hydrogen) atoms. The summed E-state index contributed by atoms with van der Waals surface area (Å²) < 4.78 is -1.30. The number of carboxylic acid groups (broad SMARTS) is 1. The maximum Gasteiger partial charge on any atom is 0.308 e. The molecule has 0 aromatic heterocycles. The van der Waals surface area contributed by atoms with E-state index in [0.717, 1.165) is 19.3 Å². The summed E-state index contributed by atoms with van der Waals surface area (Å²) in [5, 5.41) is 19.8. The summed E-state index contributed by atoms with van der Waals surface area (Å²) >= 11 is 1.53. The van der Waals surface area contributed by atoms with Crippen molar-refractivity contribution in [1.29, 1.82) is 0 Å². The summed E-state index contributed by atoms with van der Waals surface area (Å²) in [6, 6.07) is -1.30. The first kappa shape index (κ1) is 23.1. The van der Waals surface area contributed by atoms with Crippen molar-refractivity contribution >= 4 is 29.5 Å². The normalized spacial score (nSPS) is 35.4. The van der Waals surface area contributed by atoms with Crippen LogP contribution in [0, 0.1) is 11.8 Å². The minimum Gasteiger partial charge on any atom is -0.481 e. The largest absolute Gasteiger partial charge is 0.481 e. The van der Waals surface area contributed by atoms with Gasteiger partial charge in [-0.25, -0.2) is 0 Å². The SMILES string of the molecule is C=CCN(CCCCC)C(=O)C1N([C@H](C)CO)C(=O)[C@@H]2[C@H](C(=O)O)[C@]3(C)CCC12S3. The van der Waals surface area contributed by atoms with Gasteiger partial charge in [0.15, 0.2) is 0 Å². The molecule has 0 radical (unpaired) electrons. The second-order valence-corrected chi connectivity index (χ2v) is 11.0. The third-order valence-corrected chi connectivity index (χ3v) is 9.13. The number of carbonyl (C=O) groups is 3. The Morgan fingerprint density at radius 3 is 2.67 bits per heavy atom. The lowest BCUT2D eigenvalue weighted by Crippen LogP contribution is -2.57. The van der Waals surface area contributed by atoms with Crippen LogP contribution >= 0.6 is 11.8 Å². The molecule has 3 aliphatic rings. The Morgan fingerprint density at radius 2 is 2.10 bits per heavy atom. The molecule has 0 aliphatic carbocycles. The lowest BCUT2D eigenvalue weighted by Gasteiger charge is -2.38. The number of hydrogen-bond donors (Lipinski definition) is 2. The molecule has 168 valence electrons. The summed E-state index contributed by atoms with van der Waals surface area (Å²) in [6.07, 6.45) is 5.90. The quantitative estimate of drug-likeness (QED) is 0.401. The van der Waals surface area contributed by atoms with Crippen LogP contribution in [0.15, 0.2) is 12.7 Å². The highest BCUT2D eigenvalue weighted by atomic mass is 32.2. The number of amides is 2. The molecule has 7 nitrogen and oxygen atoms in total. The van der Waals surface area contributed by atoms with Crippen molar-refractivity contribution in [2.24, 2.45) is 11.8 Å². The fraction of sp³-hybridized carbons (Fsp3) is 0.773. The van der Waals surface area contributed by atoms with Crippen LogP contribution in [0.5, 0.6) is 0 Å². The van der Waals surface area contributed by atoms with Crippen molar-refractivity contribution in [3.63, 3.8) is 0 Å². The van der Waals surface area contributed by atoms with Gasteiger partial charge in [0.25, 0.3) is 0 Å². The lowest BCUT2D eigenvalue weighted by molar-refractivity contribution is -0.151. The number of aliphatic carboxylic acids is 1. The molecular formula is C22H34N2O5S. The third kappa shape index (κ3) is 3.36. The number of rotatable bonds is 10. The van der Waals surface area contributed by atoms with E-state index in [9.17, 15) is 24.6 Å². The summed E-state index contributed by atoms with van der Waals surface area (Å²) in [7, 11) is 0. The van der Waals surface area contributed by atoms with Gasteiger partial charge in [0.2, 0.25) is 11.8 Å². The monoisotopic (exact) mass is 438 g/mol. The minimum atomic E-state index is -0.972. The van der Waals surface area contributed by atoms with Crippen molar-refractivity contribution in [3.8, 4) is 0 Å². The Balaban J connectivity index is 2.03. The first-order valence-electron chi connectivity index (χ1n) is 10.9. The van der Waals surface area contributed by atoms with Gasteiger partial charge in [0, 0.05) is 17.8 Å². The first-order chi connectivity index (χ1) is 14.2. The van der Waals surface area contributed by atoms with Crippen LogP contribution in [0.1, 0.15) is 52.9 Å². The number of nitrogens with zero attached hydrogens (tertiary/aromatic N) is 2. The zero-order valence-electron chi connectivity index (χ0n) is 18.2. The van der Waals surface area contributed by atoms with Crippen LogP contribution in [0.2, 0.25) is 0 Å². The van der Waals surface area contributed by atoms with Crippen molar-refractivity contribution < 1.29 is 24.6 Å². The van der Waals surface area contributed by atoms with E-state index in [1.54, 1.807) is 17.9 Å². The van der Waals surface area contributed by atoms with Crippen LogP contribution in [0.3, 0.4) is 0 Å². The molecule has 3 saturated heterocycles. The number of carboxylic acids is 1. The Kier molecular flexibility index (Phi) is 6.58. The third-order valence-electron chi connectivity index (χ3n) is 7.15. The number of unbranched alkanes of at least 4 members (excludes halogenated alkanes) is 2. The molecule has 2 unspecified atom stereocenters. The van der Waals surface area contributed by atoms with Gasteiger partial charge in [0.1, 0.15) is 6.04 Å². The molecule has 2 amide bonds. The van der Waals surface area contributed by atoms with Gasteiger partial charge in [-0.05, 0) is 33.1 Å². The Morgan fingerprint density at radius 1 is 1.40 bits per heavy atom. The number of fused-ring (bicyclic) bond motifs is 1. The Labute approximate surface area is 182 Å². The highest BCUT2D eigenvalue weighted by Gasteiger charge is 2.77. The van der Waals surface area contributed by atoms with Gasteiger partial charge >= 0.3 is 5.97 Å². The molecule has 3 aliphatic heterocycles. The van der Waals surface area contributed by atoms with Crippen LogP contribution in [-0.2, 0) is 14.4 Å². The van der Waals surface area contributed by atoms with Crippen LogP contribution in [0.4, 0.5) is 0 Å². The first-order valence-corrected chi connectivity index (χ1v) is 11.8. The predicted octanol–water partition coefficient (Wildman–Crippen LogP) is 2.14. The molecule has 2 N–H and O–H groups in total. The molecule has 0 aromatic rings. The number of hydrogen-bond acceptors (Lipinski definition) is 5. The number of likely N-dealkylation sites (tertiary alicyclic amines) is 1. The van der Waals surface area contributed by atoms with Gasteiger partial charge in [-0.1, -0.05) is 25.8 Å². The van der Waals surface area contributed by atoms with Crippen LogP contribution < -0.4 is 0 Å². The molecule has 8 heteroatoms. The van der Waals surface area contributed by atoms with Crippen LogP contribution in [-0.4, -0.2) is 79.1 Å². The number of aliphatic hydroxyl groups is 1. The average Bonchev–Trinajstić information content (AvgIpc) is 3.27. The number of aliphatic hydroxyl groups excluding tert-OH is 1. The van der Waals surface area contributed by atoms with Crippen molar-refractivity contribution in [2.75, 3.05) is 19.7 Å². The number of carbonyl (C=O) groups excluding carboxylic acids is 2. The zero-order chi connectivity index (χ0) is 22.3. The van der Waals surface area contributed by atoms with E-state index < -0.39 is 39.4 Å². The number of thioether (sulfide) groups is 1. The van der Waals surface area contributed by atoms with E-state index in [-0.39, 0.29) is 18.4 Å². The Hall–Kier alpha value is -1.54. The van der Waals surface area contributed by atoms with E-state index in [2.05, 4.69) is 13.5 Å². The minimum absolute atomic E-state index is 0.148. The van der Waals surface area contributed by atoms with Gasteiger partial charge in [-0.2, -0.15) is 0 Å². The molecule has 3 rings (SSSR count). The van der Waals surface area contributed by atoms with Gasteiger partial charge < -0.3 is 20.0 Å². The van der Waals surface area contributed by atoms with Gasteiger partial charge in [-0.15, -0.1) is 18.3 Å². The highest BCUT2D eigenvalue weighted by Crippen LogP contribution is 2.71. The lowest BCUT2D eigenvalue weighted by atomic mass is 9.66. The van der Waals surface area contributed by atoms with Crippen LogP contribution in [0.25, 0.3) is 0 Å². The van der Waals surface area contributed by atoms with E-state index in [1.165, 1.54) is 16.7 Å². The predicted molar refractivity (Wildman–Crippen MR) is 116 cm³/mol. The molecule has 2 bridgehead atoms. The molecular weight excluding hydrogens is 404 g/mol. The van der Waals surface area contributed by atoms with E-state index in [0.29, 0.717) is 25.9 Å². The van der Waals surface area contributed by atoms with Gasteiger partial charge in [-0.3, -0.25) is 14.4 Å². The van der Waals surface area contributed by atoms with E-state index >= 15 is 0 Å². The summed E-state index contributed by atoms with van der Waals surface area (Å²) in [4.78, 5) is 42.8. The van der Waals surface area contributed by atoms with E-state index in [4.69, 9.17) is 0 Å². The molecule has 0 saturated carbocycles.